The van der Waals surface area contributed by atoms with Crippen LogP contribution in [0.1, 0.15) is 46.8 Å². The number of rotatable bonds is 5. The molecule has 3 aromatic carbocycles. The molecular weight excluding hydrogens is 554 g/mol. The number of amides is 2. The van der Waals surface area contributed by atoms with Gasteiger partial charge < -0.3 is 4.90 Å². The van der Waals surface area contributed by atoms with E-state index < -0.39 is 16.9 Å². The lowest BCUT2D eigenvalue weighted by Crippen LogP contribution is -2.45. The highest BCUT2D eigenvalue weighted by atomic mass is 32.2. The Hall–Kier alpha value is -3.98. The minimum atomic E-state index is -0.692. The number of anilines is 1. The zero-order valence-electron chi connectivity index (χ0n) is 23.6. The number of benzene rings is 3. The Morgan fingerprint density at radius 3 is 2.48 bits per heavy atom. The monoisotopic (exact) mass is 586 g/mol. The number of piperidine rings is 1. The van der Waals surface area contributed by atoms with Gasteiger partial charge in [-0.1, -0.05) is 48.5 Å². The second kappa shape index (κ2) is 11.7. The number of likely N-dealkylation sites (tertiary alicyclic amines) is 1. The molecule has 1 fully saturated rings. The maximum absolute atomic E-state index is 15.4. The Balaban J connectivity index is 1.63. The molecule has 216 valence electrons. The lowest BCUT2D eigenvalue weighted by atomic mass is 9.99. The largest absolute Gasteiger partial charge is 0.341 e. The maximum Gasteiger partial charge on any atom is 0.242 e. The number of hydrogen-bond acceptors (Lipinski definition) is 4. The van der Waals surface area contributed by atoms with Gasteiger partial charge in [-0.2, -0.15) is 5.10 Å². The minimum absolute atomic E-state index is 0.0183. The number of nitrogens with zero attached hydrogens (tertiary/aromatic N) is 4. The average molecular weight is 587 g/mol. The summed E-state index contributed by atoms with van der Waals surface area (Å²) in [6.45, 7) is 5.19. The predicted molar refractivity (Wildman–Crippen MR) is 162 cm³/mol. The number of carbonyl (C=O) groups excluding carboxylic acids is 2. The molecule has 1 atom stereocenters. The zero-order valence-corrected chi connectivity index (χ0v) is 24.5. The van der Waals surface area contributed by atoms with Crippen molar-refractivity contribution in [1.82, 2.24) is 14.7 Å². The highest BCUT2D eigenvalue weighted by Crippen LogP contribution is 2.49. The Bertz CT molecular complexity index is 1650. The van der Waals surface area contributed by atoms with E-state index in [1.807, 2.05) is 67.3 Å². The molecular formula is C33H32F2N4O2S. The van der Waals surface area contributed by atoms with E-state index in [-0.39, 0.29) is 29.7 Å². The molecule has 6 rings (SSSR count). The molecule has 3 heterocycles. The Kier molecular flexibility index (Phi) is 7.86. The van der Waals surface area contributed by atoms with Crippen molar-refractivity contribution in [1.29, 1.82) is 0 Å². The first-order valence-corrected chi connectivity index (χ1v) is 15.3. The Morgan fingerprint density at radius 2 is 1.74 bits per heavy atom. The topological polar surface area (TPSA) is 58.4 Å². The van der Waals surface area contributed by atoms with E-state index in [4.69, 9.17) is 5.10 Å². The maximum atomic E-state index is 15.4. The normalized spacial score (nSPS) is 17.2. The van der Waals surface area contributed by atoms with Crippen LogP contribution in [0.3, 0.4) is 0 Å². The number of halogens is 2. The van der Waals surface area contributed by atoms with Crippen LogP contribution in [-0.2, 0) is 9.59 Å². The first-order valence-electron chi connectivity index (χ1n) is 14.2. The van der Waals surface area contributed by atoms with Gasteiger partial charge in [-0.25, -0.2) is 13.5 Å². The molecule has 42 heavy (non-hydrogen) atoms. The van der Waals surface area contributed by atoms with Gasteiger partial charge in [0.05, 0.1) is 22.4 Å². The SMILES string of the molecule is Cc1cccc(-n2nc(-c3ccccc3)c3c2N(CC(=O)N2CCCCC2)C(=O)CSC3c2ccc(F)cc2F)c1C. The van der Waals surface area contributed by atoms with Gasteiger partial charge in [0.2, 0.25) is 11.8 Å². The average Bonchev–Trinajstić information content (AvgIpc) is 3.32. The lowest BCUT2D eigenvalue weighted by Gasteiger charge is -2.30. The first-order chi connectivity index (χ1) is 20.3. The van der Waals surface area contributed by atoms with Crippen molar-refractivity contribution in [3.05, 3.63) is 101 Å². The van der Waals surface area contributed by atoms with Crippen LogP contribution in [0.5, 0.6) is 0 Å². The summed E-state index contributed by atoms with van der Waals surface area (Å²) < 4.78 is 31.2. The van der Waals surface area contributed by atoms with E-state index >= 15 is 4.39 Å². The van der Waals surface area contributed by atoms with E-state index in [9.17, 15) is 14.0 Å². The molecule has 9 heteroatoms. The van der Waals surface area contributed by atoms with Crippen LogP contribution in [0.25, 0.3) is 16.9 Å². The summed E-state index contributed by atoms with van der Waals surface area (Å²) >= 11 is 1.27. The molecule has 0 radical (unpaired) electrons. The number of carbonyl (C=O) groups is 2. The van der Waals surface area contributed by atoms with Crippen LogP contribution >= 0.6 is 11.8 Å². The molecule has 1 unspecified atom stereocenters. The molecule has 2 aliphatic heterocycles. The van der Waals surface area contributed by atoms with Gasteiger partial charge in [-0.15, -0.1) is 11.8 Å². The lowest BCUT2D eigenvalue weighted by molar-refractivity contribution is -0.132. The molecule has 2 aliphatic rings. The first kappa shape index (κ1) is 28.2. The van der Waals surface area contributed by atoms with Gasteiger partial charge in [-0.3, -0.25) is 14.5 Å². The second-order valence-electron chi connectivity index (χ2n) is 10.9. The van der Waals surface area contributed by atoms with Gasteiger partial charge in [0.15, 0.2) is 0 Å². The summed E-state index contributed by atoms with van der Waals surface area (Å²) in [7, 11) is 0. The highest BCUT2D eigenvalue weighted by molar-refractivity contribution is 8.00. The quantitative estimate of drug-likeness (QED) is 0.264. The minimum Gasteiger partial charge on any atom is -0.341 e. The van der Waals surface area contributed by atoms with Crippen molar-refractivity contribution in [3.8, 4) is 16.9 Å². The number of fused-ring (bicyclic) bond motifs is 1. The summed E-state index contributed by atoms with van der Waals surface area (Å²) in [4.78, 5) is 30.9. The van der Waals surface area contributed by atoms with Crippen molar-refractivity contribution < 1.29 is 18.4 Å². The predicted octanol–water partition coefficient (Wildman–Crippen LogP) is 6.62. The van der Waals surface area contributed by atoms with E-state index in [0.717, 1.165) is 47.7 Å². The number of aryl methyl sites for hydroxylation is 1. The van der Waals surface area contributed by atoms with Crippen LogP contribution in [0, 0.1) is 25.5 Å². The molecule has 6 nitrogen and oxygen atoms in total. The van der Waals surface area contributed by atoms with Gasteiger partial charge in [0, 0.05) is 35.8 Å². The molecule has 2 amide bonds. The molecule has 0 aliphatic carbocycles. The Morgan fingerprint density at radius 1 is 0.976 bits per heavy atom. The standard InChI is InChI=1S/C33H32F2N4O2S/c1-21-10-9-13-27(22(21)2)39-33-30(31(36-39)23-11-5-3-6-12-23)32(25-15-14-24(34)18-26(25)35)42-20-29(41)38(33)19-28(40)37-16-7-4-8-17-37/h3,5-6,9-15,18,32H,4,7-8,16-17,19-20H2,1-2H3. The van der Waals surface area contributed by atoms with Gasteiger partial charge in [0.1, 0.15) is 24.0 Å². The van der Waals surface area contributed by atoms with Crippen molar-refractivity contribution in [3.63, 3.8) is 0 Å². The zero-order chi connectivity index (χ0) is 29.4. The van der Waals surface area contributed by atoms with Crippen molar-refractivity contribution in [2.45, 2.75) is 38.4 Å². The summed E-state index contributed by atoms with van der Waals surface area (Å²) in [5, 5.41) is 4.42. The van der Waals surface area contributed by atoms with Crippen LogP contribution in [0.4, 0.5) is 14.6 Å². The molecule has 1 saturated heterocycles. The molecule has 0 N–H and O–H groups in total. The molecule has 0 spiro atoms. The second-order valence-corrected chi connectivity index (χ2v) is 12.0. The van der Waals surface area contributed by atoms with Crippen LogP contribution in [-0.4, -0.2) is 51.9 Å². The van der Waals surface area contributed by atoms with Gasteiger partial charge in [-0.05, 0) is 56.4 Å². The summed E-state index contributed by atoms with van der Waals surface area (Å²) in [6.07, 6.45) is 2.95. The van der Waals surface area contributed by atoms with E-state index in [1.54, 1.807) is 4.68 Å². The van der Waals surface area contributed by atoms with Crippen LogP contribution in [0.2, 0.25) is 0 Å². The van der Waals surface area contributed by atoms with Crippen LogP contribution in [0.15, 0.2) is 66.7 Å². The van der Waals surface area contributed by atoms with Crippen molar-refractivity contribution >= 4 is 29.4 Å². The van der Waals surface area contributed by atoms with Crippen LogP contribution < -0.4 is 4.90 Å². The van der Waals surface area contributed by atoms with Crippen molar-refractivity contribution in [2.75, 3.05) is 30.3 Å². The Labute approximate surface area is 248 Å². The molecule has 0 saturated carbocycles. The summed E-state index contributed by atoms with van der Waals surface area (Å²) in [6, 6.07) is 19.0. The summed E-state index contributed by atoms with van der Waals surface area (Å²) in [5.74, 6) is -1.29. The third-order valence-electron chi connectivity index (χ3n) is 8.19. The third kappa shape index (κ3) is 5.22. The molecule has 4 aromatic rings. The van der Waals surface area contributed by atoms with E-state index in [2.05, 4.69) is 0 Å². The number of thioether (sulfide) groups is 1. The smallest absolute Gasteiger partial charge is 0.242 e. The third-order valence-corrected chi connectivity index (χ3v) is 9.42. The number of aromatic nitrogens is 2. The van der Waals surface area contributed by atoms with Gasteiger partial charge in [0.25, 0.3) is 0 Å². The fourth-order valence-electron chi connectivity index (χ4n) is 5.80. The van der Waals surface area contributed by atoms with E-state index in [0.29, 0.717) is 30.2 Å². The highest BCUT2D eigenvalue weighted by Gasteiger charge is 2.39. The fraction of sp³-hybridized carbons (Fsp3) is 0.303. The van der Waals surface area contributed by atoms with Crippen molar-refractivity contribution in [2.24, 2.45) is 0 Å². The van der Waals surface area contributed by atoms with E-state index in [1.165, 1.54) is 28.8 Å². The molecule has 1 aromatic heterocycles. The van der Waals surface area contributed by atoms with Gasteiger partial charge >= 0.3 is 0 Å². The fourth-order valence-corrected chi connectivity index (χ4v) is 7.02. The number of hydrogen-bond donors (Lipinski definition) is 0. The molecule has 0 bridgehead atoms. The summed E-state index contributed by atoms with van der Waals surface area (Å²) in [5.41, 5.74) is 5.04.